The molecule has 0 saturated carbocycles. The molecule has 5 nitrogen and oxygen atoms in total. The minimum absolute atomic E-state index is 0.848. The Bertz CT molecular complexity index is 444. The lowest BCUT2D eigenvalue weighted by molar-refractivity contribution is 0.918. The van der Waals surface area contributed by atoms with Crippen molar-refractivity contribution in [3.8, 4) is 11.4 Å². The monoisotopic (exact) mass is 209 g/mol. The molecule has 0 aromatic carbocycles. The van der Waals surface area contributed by atoms with E-state index in [0.29, 0.717) is 0 Å². The number of aromatic nitrogens is 4. The fourth-order valence-corrected chi connectivity index (χ4v) is 2.05. The first-order chi connectivity index (χ1) is 6.74. The molecule has 2 aromatic heterocycles. The van der Waals surface area contributed by atoms with Crippen LogP contribution >= 0.6 is 11.5 Å². The van der Waals surface area contributed by atoms with Gasteiger partial charge < -0.3 is 9.88 Å². The Morgan fingerprint density at radius 1 is 1.50 bits per heavy atom. The third-order valence-corrected chi connectivity index (χ3v) is 2.98. The van der Waals surface area contributed by atoms with Crippen LogP contribution in [0.3, 0.4) is 0 Å². The quantitative estimate of drug-likeness (QED) is 0.809. The molecule has 14 heavy (non-hydrogen) atoms. The summed E-state index contributed by atoms with van der Waals surface area (Å²) < 4.78 is 6.17. The van der Waals surface area contributed by atoms with E-state index in [9.17, 15) is 0 Å². The smallest absolute Gasteiger partial charge is 0.168 e. The van der Waals surface area contributed by atoms with Crippen LogP contribution in [0.1, 0.15) is 5.69 Å². The van der Waals surface area contributed by atoms with E-state index in [-0.39, 0.29) is 0 Å². The molecule has 74 valence electrons. The van der Waals surface area contributed by atoms with Gasteiger partial charge in [0, 0.05) is 14.1 Å². The van der Waals surface area contributed by atoms with Gasteiger partial charge in [-0.05, 0) is 18.5 Å². The van der Waals surface area contributed by atoms with Crippen molar-refractivity contribution in [1.82, 2.24) is 19.1 Å². The summed E-state index contributed by atoms with van der Waals surface area (Å²) in [7, 11) is 3.80. The standard InChI is InChI=1S/C8H11N5S/c1-5-6(8(9-2)14-12-5)7-11-10-4-13(7)3/h4,9H,1-3H3. The molecule has 0 aliphatic rings. The van der Waals surface area contributed by atoms with Crippen molar-refractivity contribution in [3.05, 3.63) is 12.0 Å². The minimum atomic E-state index is 0.848. The fourth-order valence-electron chi connectivity index (χ4n) is 1.31. The molecule has 0 atom stereocenters. The third kappa shape index (κ3) is 1.27. The Morgan fingerprint density at radius 2 is 2.29 bits per heavy atom. The van der Waals surface area contributed by atoms with Crippen LogP contribution in [0.5, 0.6) is 0 Å². The van der Waals surface area contributed by atoms with E-state index in [1.54, 1.807) is 6.33 Å². The summed E-state index contributed by atoms with van der Waals surface area (Å²) >= 11 is 1.44. The van der Waals surface area contributed by atoms with Crippen LogP contribution in [0.15, 0.2) is 6.33 Å². The largest absolute Gasteiger partial charge is 0.378 e. The molecule has 0 unspecified atom stereocenters. The van der Waals surface area contributed by atoms with Gasteiger partial charge in [-0.15, -0.1) is 10.2 Å². The Hall–Kier alpha value is -1.43. The van der Waals surface area contributed by atoms with Gasteiger partial charge in [-0.2, -0.15) is 4.37 Å². The zero-order chi connectivity index (χ0) is 10.1. The van der Waals surface area contributed by atoms with E-state index < -0.39 is 0 Å². The zero-order valence-corrected chi connectivity index (χ0v) is 9.09. The molecule has 2 heterocycles. The van der Waals surface area contributed by atoms with Gasteiger partial charge in [0.15, 0.2) is 5.82 Å². The first-order valence-electron chi connectivity index (χ1n) is 4.22. The van der Waals surface area contributed by atoms with E-state index >= 15 is 0 Å². The van der Waals surface area contributed by atoms with Crippen molar-refractivity contribution >= 4 is 16.5 Å². The van der Waals surface area contributed by atoms with Crippen LogP contribution in [0.25, 0.3) is 11.4 Å². The topological polar surface area (TPSA) is 55.6 Å². The van der Waals surface area contributed by atoms with Crippen molar-refractivity contribution in [3.63, 3.8) is 0 Å². The SMILES string of the molecule is CNc1snc(C)c1-c1nncn1C. The molecule has 0 spiro atoms. The second kappa shape index (κ2) is 3.38. The van der Waals surface area contributed by atoms with Crippen molar-refractivity contribution in [2.24, 2.45) is 7.05 Å². The third-order valence-electron chi connectivity index (χ3n) is 2.02. The molecule has 2 rings (SSSR count). The number of anilines is 1. The van der Waals surface area contributed by atoms with Gasteiger partial charge in [0.05, 0.1) is 11.3 Å². The van der Waals surface area contributed by atoms with Crippen LogP contribution in [0.4, 0.5) is 5.00 Å². The van der Waals surface area contributed by atoms with Gasteiger partial charge in [-0.25, -0.2) is 0 Å². The normalized spacial score (nSPS) is 10.5. The molecule has 2 aromatic rings. The Morgan fingerprint density at radius 3 is 2.86 bits per heavy atom. The highest BCUT2D eigenvalue weighted by Crippen LogP contribution is 2.32. The van der Waals surface area contributed by atoms with Crippen molar-refractivity contribution < 1.29 is 0 Å². The van der Waals surface area contributed by atoms with Crippen LogP contribution in [0.2, 0.25) is 0 Å². The van der Waals surface area contributed by atoms with Crippen molar-refractivity contribution in [2.75, 3.05) is 12.4 Å². The van der Waals surface area contributed by atoms with Crippen LogP contribution < -0.4 is 5.32 Å². The van der Waals surface area contributed by atoms with Gasteiger partial charge in [0.25, 0.3) is 0 Å². The summed E-state index contributed by atoms with van der Waals surface area (Å²) in [5, 5.41) is 12.1. The molecule has 0 saturated heterocycles. The predicted octanol–water partition coefficient (Wildman–Crippen LogP) is 1.29. The van der Waals surface area contributed by atoms with E-state index in [4.69, 9.17) is 0 Å². The molecule has 0 fully saturated rings. The predicted molar refractivity (Wildman–Crippen MR) is 56.4 cm³/mol. The summed E-state index contributed by atoms with van der Waals surface area (Å²) in [6.45, 7) is 1.97. The number of aryl methyl sites for hydroxylation is 2. The molecule has 6 heteroatoms. The molecule has 0 amide bonds. The maximum atomic E-state index is 4.28. The van der Waals surface area contributed by atoms with E-state index in [1.165, 1.54) is 11.5 Å². The Labute approximate surface area is 86.0 Å². The van der Waals surface area contributed by atoms with Crippen molar-refractivity contribution in [2.45, 2.75) is 6.92 Å². The molecule has 0 bridgehead atoms. The van der Waals surface area contributed by atoms with Crippen LogP contribution in [-0.2, 0) is 7.05 Å². The Kier molecular flexibility index (Phi) is 2.20. The lowest BCUT2D eigenvalue weighted by Gasteiger charge is -2.01. The maximum Gasteiger partial charge on any atom is 0.168 e. The summed E-state index contributed by atoms with van der Waals surface area (Å²) in [6, 6.07) is 0. The fraction of sp³-hybridized carbons (Fsp3) is 0.375. The average molecular weight is 209 g/mol. The highest BCUT2D eigenvalue weighted by Gasteiger charge is 2.15. The number of hydrogen-bond donors (Lipinski definition) is 1. The van der Waals surface area contributed by atoms with Gasteiger partial charge >= 0.3 is 0 Å². The molecular weight excluding hydrogens is 198 g/mol. The zero-order valence-electron chi connectivity index (χ0n) is 8.27. The molecule has 0 aliphatic heterocycles. The summed E-state index contributed by atoms with van der Waals surface area (Å²) in [5.74, 6) is 0.848. The summed E-state index contributed by atoms with van der Waals surface area (Å²) in [4.78, 5) is 0. The lowest BCUT2D eigenvalue weighted by Crippen LogP contribution is -1.95. The van der Waals surface area contributed by atoms with E-state index in [0.717, 1.165) is 22.1 Å². The molecule has 0 radical (unpaired) electrons. The molecular formula is C8H11N5S. The average Bonchev–Trinajstić information content (AvgIpc) is 2.72. The maximum absolute atomic E-state index is 4.28. The first-order valence-corrected chi connectivity index (χ1v) is 4.99. The highest BCUT2D eigenvalue weighted by molar-refractivity contribution is 7.10. The van der Waals surface area contributed by atoms with E-state index in [1.807, 2.05) is 25.6 Å². The molecule has 0 aliphatic carbocycles. The number of nitrogens with zero attached hydrogens (tertiary/aromatic N) is 4. The minimum Gasteiger partial charge on any atom is -0.378 e. The molecule has 1 N–H and O–H groups in total. The number of rotatable bonds is 2. The first kappa shape index (κ1) is 9.14. The second-order valence-electron chi connectivity index (χ2n) is 2.99. The van der Waals surface area contributed by atoms with E-state index in [2.05, 4.69) is 19.9 Å². The number of nitrogens with one attached hydrogen (secondary N) is 1. The van der Waals surface area contributed by atoms with Gasteiger partial charge in [0.1, 0.15) is 11.3 Å². The summed E-state index contributed by atoms with van der Waals surface area (Å²) in [6.07, 6.45) is 1.69. The van der Waals surface area contributed by atoms with Gasteiger partial charge in [-0.1, -0.05) is 0 Å². The van der Waals surface area contributed by atoms with Gasteiger partial charge in [0.2, 0.25) is 0 Å². The van der Waals surface area contributed by atoms with Crippen LogP contribution in [-0.4, -0.2) is 26.2 Å². The van der Waals surface area contributed by atoms with Crippen LogP contribution in [0, 0.1) is 6.92 Å². The highest BCUT2D eigenvalue weighted by atomic mass is 32.1. The Balaban J connectivity index is 2.60. The van der Waals surface area contributed by atoms with Gasteiger partial charge in [-0.3, -0.25) is 0 Å². The summed E-state index contributed by atoms with van der Waals surface area (Å²) in [5.41, 5.74) is 2.02. The lowest BCUT2D eigenvalue weighted by atomic mass is 10.2. The number of hydrogen-bond acceptors (Lipinski definition) is 5. The second-order valence-corrected chi connectivity index (χ2v) is 3.76. The van der Waals surface area contributed by atoms with Crippen molar-refractivity contribution in [1.29, 1.82) is 0 Å².